The number of anilines is 1. The van der Waals surface area contributed by atoms with Crippen LogP contribution in [0.15, 0.2) is 36.5 Å². The Morgan fingerprint density at radius 3 is 2.43 bits per heavy atom. The van der Waals surface area contributed by atoms with E-state index in [1.54, 1.807) is 19.2 Å². The van der Waals surface area contributed by atoms with Crippen molar-refractivity contribution in [3.63, 3.8) is 0 Å². The molecule has 0 aliphatic rings. The minimum Gasteiger partial charge on any atom is -0.406 e. The van der Waals surface area contributed by atoms with Crippen molar-refractivity contribution in [2.75, 3.05) is 5.73 Å². The number of rotatable bonds is 3. The van der Waals surface area contributed by atoms with Gasteiger partial charge in [0.1, 0.15) is 17.7 Å². The summed E-state index contributed by atoms with van der Waals surface area (Å²) in [6.07, 6.45) is -4.26. The topological polar surface area (TPSA) is 68.4 Å². The van der Waals surface area contributed by atoms with Gasteiger partial charge in [-0.15, -0.1) is 13.2 Å². The van der Waals surface area contributed by atoms with Gasteiger partial charge in [-0.05, 0) is 36.2 Å². The lowest BCUT2D eigenvalue weighted by Gasteiger charge is -2.15. The predicted octanol–water partition coefficient (Wildman–Crippen LogP) is 2.95. The second-order valence-electron chi connectivity index (χ2n) is 4.51. The molecule has 0 bridgehead atoms. The van der Waals surface area contributed by atoms with E-state index < -0.39 is 12.5 Å². The first-order valence-corrected chi connectivity index (χ1v) is 6.02. The monoisotopic (exact) mass is 298 g/mol. The van der Waals surface area contributed by atoms with E-state index in [0.717, 1.165) is 17.7 Å². The Labute approximate surface area is 119 Å². The van der Waals surface area contributed by atoms with Gasteiger partial charge in [-0.1, -0.05) is 12.1 Å². The standard InChI is InChI=1S/C14H13F3N2O2/c1-8-6-11(13(18)19-7-8)12(20)9-2-4-10(5-3-9)21-14(15,16)17/h2-7,12,20H,1H3,(H2,18,19). The molecule has 1 unspecified atom stereocenters. The lowest BCUT2D eigenvalue weighted by molar-refractivity contribution is -0.274. The Hall–Kier alpha value is -2.28. The first-order chi connectivity index (χ1) is 9.76. The Morgan fingerprint density at radius 1 is 1.24 bits per heavy atom. The van der Waals surface area contributed by atoms with E-state index in [1.807, 2.05) is 0 Å². The minimum atomic E-state index is -4.75. The van der Waals surface area contributed by atoms with E-state index in [1.165, 1.54) is 12.1 Å². The summed E-state index contributed by atoms with van der Waals surface area (Å²) in [5.41, 5.74) is 7.31. The van der Waals surface area contributed by atoms with Crippen LogP contribution in [0.5, 0.6) is 5.75 Å². The number of hydrogen-bond acceptors (Lipinski definition) is 4. The third-order valence-corrected chi connectivity index (χ3v) is 2.81. The fourth-order valence-electron chi connectivity index (χ4n) is 1.85. The smallest absolute Gasteiger partial charge is 0.406 e. The average molecular weight is 298 g/mol. The third kappa shape index (κ3) is 3.85. The second-order valence-corrected chi connectivity index (χ2v) is 4.51. The van der Waals surface area contributed by atoms with Crippen LogP contribution in [0.1, 0.15) is 22.8 Å². The molecule has 0 saturated heterocycles. The van der Waals surface area contributed by atoms with Crippen LogP contribution in [0.25, 0.3) is 0 Å². The van der Waals surface area contributed by atoms with E-state index >= 15 is 0 Å². The molecule has 1 aromatic heterocycles. The van der Waals surface area contributed by atoms with E-state index in [4.69, 9.17) is 5.73 Å². The van der Waals surface area contributed by atoms with E-state index in [9.17, 15) is 18.3 Å². The van der Waals surface area contributed by atoms with E-state index in [-0.39, 0.29) is 11.6 Å². The number of benzene rings is 1. The molecule has 2 rings (SSSR count). The molecule has 4 nitrogen and oxygen atoms in total. The van der Waals surface area contributed by atoms with Crippen LogP contribution < -0.4 is 10.5 Å². The third-order valence-electron chi connectivity index (χ3n) is 2.81. The van der Waals surface area contributed by atoms with Gasteiger partial charge in [0.05, 0.1) is 0 Å². The number of aryl methyl sites for hydroxylation is 1. The first kappa shape index (κ1) is 15.1. The van der Waals surface area contributed by atoms with Crippen molar-refractivity contribution in [2.45, 2.75) is 19.4 Å². The van der Waals surface area contributed by atoms with Crippen LogP contribution >= 0.6 is 0 Å². The number of nitrogens with two attached hydrogens (primary N) is 1. The number of halogens is 3. The number of hydrogen-bond donors (Lipinski definition) is 2. The van der Waals surface area contributed by atoms with Crippen molar-refractivity contribution in [1.82, 2.24) is 4.98 Å². The summed E-state index contributed by atoms with van der Waals surface area (Å²) in [7, 11) is 0. The molecule has 0 spiro atoms. The zero-order valence-corrected chi connectivity index (χ0v) is 11.1. The Bertz CT molecular complexity index is 627. The SMILES string of the molecule is Cc1cnc(N)c(C(O)c2ccc(OC(F)(F)F)cc2)c1. The molecule has 112 valence electrons. The molecule has 1 atom stereocenters. The van der Waals surface area contributed by atoms with Crippen LogP contribution in [0.3, 0.4) is 0 Å². The van der Waals surface area contributed by atoms with Gasteiger partial charge in [-0.2, -0.15) is 0 Å². The van der Waals surface area contributed by atoms with Crippen LogP contribution in [-0.4, -0.2) is 16.5 Å². The Balaban J connectivity index is 2.24. The fraction of sp³-hybridized carbons (Fsp3) is 0.214. The van der Waals surface area contributed by atoms with Gasteiger partial charge >= 0.3 is 6.36 Å². The Kier molecular flexibility index (Phi) is 4.04. The van der Waals surface area contributed by atoms with Gasteiger partial charge in [0.2, 0.25) is 0 Å². The number of alkyl halides is 3. The summed E-state index contributed by atoms with van der Waals surface area (Å²) in [5, 5.41) is 10.2. The van der Waals surface area contributed by atoms with Gasteiger partial charge < -0.3 is 15.6 Å². The summed E-state index contributed by atoms with van der Waals surface area (Å²) in [6.45, 7) is 1.79. The number of aliphatic hydroxyl groups excluding tert-OH is 1. The maximum atomic E-state index is 12.1. The molecule has 7 heteroatoms. The number of aliphatic hydroxyl groups is 1. The number of ether oxygens (including phenoxy) is 1. The van der Waals surface area contributed by atoms with Gasteiger partial charge in [0.25, 0.3) is 0 Å². The molecule has 0 radical (unpaired) electrons. The van der Waals surface area contributed by atoms with Crippen LogP contribution in [-0.2, 0) is 0 Å². The molecule has 0 amide bonds. The Morgan fingerprint density at radius 2 is 1.86 bits per heavy atom. The molecule has 2 aromatic rings. The number of nitrogen functional groups attached to an aromatic ring is 1. The van der Waals surface area contributed by atoms with Crippen molar-refractivity contribution in [1.29, 1.82) is 0 Å². The first-order valence-electron chi connectivity index (χ1n) is 6.02. The van der Waals surface area contributed by atoms with Crippen molar-refractivity contribution in [2.24, 2.45) is 0 Å². The van der Waals surface area contributed by atoms with Gasteiger partial charge in [-0.3, -0.25) is 0 Å². The van der Waals surface area contributed by atoms with Gasteiger partial charge in [-0.25, -0.2) is 4.98 Å². The van der Waals surface area contributed by atoms with Gasteiger partial charge in [0.15, 0.2) is 0 Å². The van der Waals surface area contributed by atoms with Crippen molar-refractivity contribution >= 4 is 5.82 Å². The highest BCUT2D eigenvalue weighted by atomic mass is 19.4. The molecular weight excluding hydrogens is 285 g/mol. The van der Waals surface area contributed by atoms with Crippen LogP contribution in [0.4, 0.5) is 19.0 Å². The molecule has 1 aromatic carbocycles. The largest absolute Gasteiger partial charge is 0.573 e. The van der Waals surface area contributed by atoms with Crippen molar-refractivity contribution in [3.8, 4) is 5.75 Å². The van der Waals surface area contributed by atoms with Gasteiger partial charge in [0, 0.05) is 11.8 Å². The van der Waals surface area contributed by atoms with E-state index in [0.29, 0.717) is 11.1 Å². The summed E-state index contributed by atoms with van der Waals surface area (Å²) in [6, 6.07) is 6.62. The number of pyridine rings is 1. The maximum absolute atomic E-state index is 12.1. The average Bonchev–Trinajstić information content (AvgIpc) is 2.40. The quantitative estimate of drug-likeness (QED) is 0.914. The molecule has 21 heavy (non-hydrogen) atoms. The van der Waals surface area contributed by atoms with E-state index in [2.05, 4.69) is 9.72 Å². The predicted molar refractivity (Wildman–Crippen MR) is 70.6 cm³/mol. The van der Waals surface area contributed by atoms with Crippen molar-refractivity contribution in [3.05, 3.63) is 53.2 Å². The fourth-order valence-corrected chi connectivity index (χ4v) is 1.85. The van der Waals surface area contributed by atoms with Crippen molar-refractivity contribution < 1.29 is 23.0 Å². The minimum absolute atomic E-state index is 0.170. The highest BCUT2D eigenvalue weighted by Gasteiger charge is 2.31. The van der Waals surface area contributed by atoms with Crippen LogP contribution in [0.2, 0.25) is 0 Å². The second kappa shape index (κ2) is 5.61. The molecule has 0 aliphatic heterocycles. The molecule has 3 N–H and O–H groups in total. The highest BCUT2D eigenvalue weighted by Crippen LogP contribution is 2.29. The highest BCUT2D eigenvalue weighted by molar-refractivity contribution is 5.46. The lowest BCUT2D eigenvalue weighted by atomic mass is 10.0. The molecule has 0 saturated carbocycles. The summed E-state index contributed by atoms with van der Waals surface area (Å²) < 4.78 is 40.0. The molecule has 0 fully saturated rings. The number of nitrogens with zero attached hydrogens (tertiary/aromatic N) is 1. The normalized spacial score (nSPS) is 13.0. The zero-order valence-electron chi connectivity index (χ0n) is 11.1. The summed E-state index contributed by atoms with van der Waals surface area (Å²) in [4.78, 5) is 3.94. The van der Waals surface area contributed by atoms with Crippen LogP contribution in [0, 0.1) is 6.92 Å². The molecule has 1 heterocycles. The molecule has 0 aliphatic carbocycles. The summed E-state index contributed by atoms with van der Waals surface area (Å²) in [5.74, 6) is -0.183. The zero-order chi connectivity index (χ0) is 15.6. The summed E-state index contributed by atoms with van der Waals surface area (Å²) >= 11 is 0. The number of aromatic nitrogens is 1. The molecular formula is C14H13F3N2O2. The lowest BCUT2D eigenvalue weighted by Crippen LogP contribution is -2.17. The maximum Gasteiger partial charge on any atom is 0.573 e.